The maximum atomic E-state index is 12.5. The van der Waals surface area contributed by atoms with Crippen molar-refractivity contribution in [3.05, 3.63) is 69.7 Å². The van der Waals surface area contributed by atoms with Gasteiger partial charge in [-0.2, -0.15) is 0 Å². The van der Waals surface area contributed by atoms with Crippen molar-refractivity contribution < 1.29 is 14.4 Å². The van der Waals surface area contributed by atoms with Gasteiger partial charge in [-0.3, -0.25) is 14.5 Å². The van der Waals surface area contributed by atoms with E-state index in [4.69, 9.17) is 23.2 Å². The molecule has 1 aliphatic rings. The van der Waals surface area contributed by atoms with Gasteiger partial charge in [0.15, 0.2) is 0 Å². The summed E-state index contributed by atoms with van der Waals surface area (Å²) in [6, 6.07) is 13.3. The van der Waals surface area contributed by atoms with E-state index < -0.39 is 12.1 Å². The second kappa shape index (κ2) is 9.08. The number of hydrogen-bond donors (Lipinski definition) is 2. The van der Waals surface area contributed by atoms with E-state index in [9.17, 15) is 14.4 Å². The number of carbonyl (C=O) groups is 3. The Morgan fingerprint density at radius 3 is 2.50 bits per heavy atom. The summed E-state index contributed by atoms with van der Waals surface area (Å²) in [4.78, 5) is 37.8. The van der Waals surface area contributed by atoms with Crippen molar-refractivity contribution in [1.29, 1.82) is 0 Å². The second-order valence-electron chi connectivity index (χ2n) is 6.48. The number of halogens is 2. The van der Waals surface area contributed by atoms with Crippen LogP contribution in [-0.2, 0) is 22.7 Å². The molecule has 1 saturated heterocycles. The molecule has 4 amide bonds. The van der Waals surface area contributed by atoms with Crippen LogP contribution in [0.25, 0.3) is 0 Å². The Balaban J connectivity index is 1.47. The third-order valence-corrected chi connectivity index (χ3v) is 5.16. The predicted octanol–water partition coefficient (Wildman–Crippen LogP) is 3.51. The molecule has 6 nitrogen and oxygen atoms in total. The summed E-state index contributed by atoms with van der Waals surface area (Å²) >= 11 is 11.8. The number of benzene rings is 2. The minimum absolute atomic E-state index is 0.122. The van der Waals surface area contributed by atoms with Crippen LogP contribution in [0.2, 0.25) is 10.0 Å². The topological polar surface area (TPSA) is 78.5 Å². The SMILES string of the molecule is O=C(CC[C@@H]1NC(=O)N(Cc2ccccc2)C1=O)NCc1ccc(Cl)c(Cl)c1. The summed E-state index contributed by atoms with van der Waals surface area (Å²) in [6.45, 7) is 0.520. The van der Waals surface area contributed by atoms with Crippen molar-refractivity contribution in [2.24, 2.45) is 0 Å². The molecule has 8 heteroatoms. The molecule has 0 aromatic heterocycles. The molecule has 0 aliphatic carbocycles. The summed E-state index contributed by atoms with van der Waals surface area (Å²) in [7, 11) is 0. The highest BCUT2D eigenvalue weighted by molar-refractivity contribution is 6.42. The largest absolute Gasteiger partial charge is 0.352 e. The first-order valence-corrected chi connectivity index (χ1v) is 9.56. The van der Waals surface area contributed by atoms with E-state index in [0.29, 0.717) is 16.6 Å². The van der Waals surface area contributed by atoms with Gasteiger partial charge >= 0.3 is 6.03 Å². The van der Waals surface area contributed by atoms with Crippen LogP contribution in [0.15, 0.2) is 48.5 Å². The molecule has 2 aromatic rings. The zero-order chi connectivity index (χ0) is 20.1. The summed E-state index contributed by atoms with van der Waals surface area (Å²) in [5.74, 6) is -0.527. The molecule has 1 heterocycles. The molecule has 0 unspecified atom stereocenters. The van der Waals surface area contributed by atoms with Crippen molar-refractivity contribution in [3.8, 4) is 0 Å². The van der Waals surface area contributed by atoms with Gasteiger partial charge in [0, 0.05) is 13.0 Å². The van der Waals surface area contributed by atoms with Crippen LogP contribution >= 0.6 is 23.2 Å². The Morgan fingerprint density at radius 2 is 1.79 bits per heavy atom. The molecule has 146 valence electrons. The van der Waals surface area contributed by atoms with Crippen molar-refractivity contribution in [2.45, 2.75) is 32.0 Å². The highest BCUT2D eigenvalue weighted by Gasteiger charge is 2.37. The molecular weight excluding hydrogens is 401 g/mol. The van der Waals surface area contributed by atoms with Gasteiger partial charge in [-0.05, 0) is 29.7 Å². The van der Waals surface area contributed by atoms with Crippen LogP contribution in [-0.4, -0.2) is 28.8 Å². The first-order valence-electron chi connectivity index (χ1n) is 8.80. The molecular formula is C20H19Cl2N3O3. The van der Waals surface area contributed by atoms with Gasteiger partial charge in [-0.15, -0.1) is 0 Å². The number of carbonyl (C=O) groups excluding carboxylic acids is 3. The Hall–Kier alpha value is -2.57. The molecule has 0 radical (unpaired) electrons. The smallest absolute Gasteiger partial charge is 0.325 e. The number of nitrogens with zero attached hydrogens (tertiary/aromatic N) is 1. The van der Waals surface area contributed by atoms with E-state index >= 15 is 0 Å². The minimum Gasteiger partial charge on any atom is -0.352 e. The fourth-order valence-electron chi connectivity index (χ4n) is 2.90. The third kappa shape index (κ3) is 5.03. The summed E-state index contributed by atoms with van der Waals surface area (Å²) in [5.41, 5.74) is 1.69. The zero-order valence-electron chi connectivity index (χ0n) is 15.0. The standard InChI is InChI=1S/C20H19Cl2N3O3/c21-15-7-6-14(10-16(15)22)11-23-18(26)9-8-17-19(27)25(20(28)24-17)12-13-4-2-1-3-5-13/h1-7,10,17H,8-9,11-12H2,(H,23,26)(H,24,28)/t17-/m0/s1. The fourth-order valence-corrected chi connectivity index (χ4v) is 3.22. The van der Waals surface area contributed by atoms with Crippen molar-refractivity contribution in [2.75, 3.05) is 0 Å². The summed E-state index contributed by atoms with van der Waals surface area (Å²) in [6.07, 6.45) is 0.361. The fraction of sp³-hybridized carbons (Fsp3) is 0.250. The highest BCUT2D eigenvalue weighted by atomic mass is 35.5. The summed E-state index contributed by atoms with van der Waals surface area (Å²) in [5, 5.41) is 6.28. The Kier molecular flexibility index (Phi) is 6.54. The molecule has 0 bridgehead atoms. The lowest BCUT2D eigenvalue weighted by Crippen LogP contribution is -2.32. The number of nitrogens with one attached hydrogen (secondary N) is 2. The average Bonchev–Trinajstić information content (AvgIpc) is 2.95. The van der Waals surface area contributed by atoms with Crippen LogP contribution in [0.5, 0.6) is 0 Å². The van der Waals surface area contributed by atoms with Gasteiger partial charge in [-0.1, -0.05) is 59.6 Å². The zero-order valence-corrected chi connectivity index (χ0v) is 16.5. The Morgan fingerprint density at radius 1 is 1.04 bits per heavy atom. The molecule has 1 aliphatic heterocycles. The number of imide groups is 1. The maximum absolute atomic E-state index is 12.5. The normalized spacial score (nSPS) is 16.2. The molecule has 2 N–H and O–H groups in total. The van der Waals surface area contributed by atoms with Crippen molar-refractivity contribution in [3.63, 3.8) is 0 Å². The van der Waals surface area contributed by atoms with Gasteiger partial charge in [0.05, 0.1) is 16.6 Å². The summed E-state index contributed by atoms with van der Waals surface area (Å²) < 4.78 is 0. The predicted molar refractivity (Wildman–Crippen MR) is 107 cm³/mol. The van der Waals surface area contributed by atoms with E-state index in [1.165, 1.54) is 4.90 Å². The van der Waals surface area contributed by atoms with Crippen LogP contribution in [0, 0.1) is 0 Å². The van der Waals surface area contributed by atoms with Gasteiger partial charge < -0.3 is 10.6 Å². The second-order valence-corrected chi connectivity index (χ2v) is 7.29. The minimum atomic E-state index is -0.688. The van der Waals surface area contributed by atoms with Crippen molar-refractivity contribution >= 4 is 41.0 Å². The molecule has 1 fully saturated rings. The molecule has 0 saturated carbocycles. The Bertz CT molecular complexity index is 890. The van der Waals surface area contributed by atoms with Gasteiger partial charge in [0.2, 0.25) is 5.91 Å². The molecule has 2 aromatic carbocycles. The highest BCUT2D eigenvalue weighted by Crippen LogP contribution is 2.22. The number of urea groups is 1. The van der Waals surface area contributed by atoms with E-state index in [0.717, 1.165) is 11.1 Å². The van der Waals surface area contributed by atoms with Gasteiger partial charge in [0.25, 0.3) is 5.91 Å². The van der Waals surface area contributed by atoms with Crippen LogP contribution in [0.3, 0.4) is 0 Å². The Labute approximate surface area is 172 Å². The average molecular weight is 420 g/mol. The number of amides is 4. The molecule has 3 rings (SSSR count). The lowest BCUT2D eigenvalue weighted by molar-refractivity contribution is -0.128. The van der Waals surface area contributed by atoms with Gasteiger partial charge in [-0.25, -0.2) is 4.79 Å². The lowest BCUT2D eigenvalue weighted by Gasteiger charge is -2.13. The molecule has 1 atom stereocenters. The van der Waals surface area contributed by atoms with Crippen LogP contribution in [0.4, 0.5) is 4.79 Å². The van der Waals surface area contributed by atoms with Gasteiger partial charge in [0.1, 0.15) is 6.04 Å². The number of hydrogen-bond acceptors (Lipinski definition) is 3. The monoisotopic (exact) mass is 419 g/mol. The first-order chi connectivity index (χ1) is 13.4. The van der Waals surface area contributed by atoms with Crippen LogP contribution < -0.4 is 10.6 Å². The van der Waals surface area contributed by atoms with Crippen molar-refractivity contribution in [1.82, 2.24) is 15.5 Å². The van der Waals surface area contributed by atoms with E-state index in [-0.39, 0.29) is 31.2 Å². The quantitative estimate of drug-likeness (QED) is 0.673. The molecule has 28 heavy (non-hydrogen) atoms. The number of rotatable bonds is 7. The first kappa shape index (κ1) is 20.2. The van der Waals surface area contributed by atoms with E-state index in [2.05, 4.69) is 10.6 Å². The van der Waals surface area contributed by atoms with Crippen LogP contribution in [0.1, 0.15) is 24.0 Å². The lowest BCUT2D eigenvalue weighted by atomic mass is 10.1. The molecule has 0 spiro atoms. The maximum Gasteiger partial charge on any atom is 0.325 e. The van der Waals surface area contributed by atoms with E-state index in [1.54, 1.807) is 18.2 Å². The van der Waals surface area contributed by atoms with E-state index in [1.807, 2.05) is 30.3 Å². The third-order valence-electron chi connectivity index (χ3n) is 4.42.